The summed E-state index contributed by atoms with van der Waals surface area (Å²) in [5, 5.41) is 3.18. The summed E-state index contributed by atoms with van der Waals surface area (Å²) in [4.78, 5) is 10.9. The monoisotopic (exact) mass is 313 g/mol. The van der Waals surface area contributed by atoms with Gasteiger partial charge in [-0.05, 0) is 40.5 Å². The third-order valence-electron chi connectivity index (χ3n) is 2.87. The zero-order valence-electron chi connectivity index (χ0n) is 11.3. The SMILES string of the molecule is COc1ccc(C(C)(C)CNCC(C)=O)cc1Br. The number of hydrogen-bond acceptors (Lipinski definition) is 3. The maximum absolute atomic E-state index is 10.9. The van der Waals surface area contributed by atoms with Crippen molar-refractivity contribution in [1.82, 2.24) is 5.32 Å². The van der Waals surface area contributed by atoms with Crippen molar-refractivity contribution >= 4 is 21.7 Å². The smallest absolute Gasteiger partial charge is 0.143 e. The van der Waals surface area contributed by atoms with Crippen molar-refractivity contribution in [2.24, 2.45) is 0 Å². The summed E-state index contributed by atoms with van der Waals surface area (Å²) >= 11 is 3.49. The van der Waals surface area contributed by atoms with E-state index in [2.05, 4.69) is 47.2 Å². The molecule has 0 heterocycles. The highest BCUT2D eigenvalue weighted by Crippen LogP contribution is 2.31. The summed E-state index contributed by atoms with van der Waals surface area (Å²) in [5.74, 6) is 0.980. The van der Waals surface area contributed by atoms with E-state index in [9.17, 15) is 4.79 Å². The minimum Gasteiger partial charge on any atom is -0.496 e. The number of methoxy groups -OCH3 is 1. The zero-order chi connectivity index (χ0) is 13.8. The highest BCUT2D eigenvalue weighted by atomic mass is 79.9. The normalized spacial score (nSPS) is 11.4. The van der Waals surface area contributed by atoms with E-state index in [1.807, 2.05) is 6.07 Å². The first-order chi connectivity index (χ1) is 8.36. The number of carbonyl (C=O) groups is 1. The molecule has 0 spiro atoms. The van der Waals surface area contributed by atoms with E-state index >= 15 is 0 Å². The predicted octanol–water partition coefficient (Wildman–Crippen LogP) is 2.91. The Hall–Kier alpha value is -0.870. The van der Waals surface area contributed by atoms with Crippen LogP contribution in [0.15, 0.2) is 22.7 Å². The van der Waals surface area contributed by atoms with E-state index in [1.165, 1.54) is 5.56 Å². The first-order valence-electron chi connectivity index (χ1n) is 5.91. The lowest BCUT2D eigenvalue weighted by molar-refractivity contribution is -0.116. The molecule has 0 aromatic heterocycles. The third kappa shape index (κ3) is 4.10. The van der Waals surface area contributed by atoms with E-state index in [-0.39, 0.29) is 11.2 Å². The summed E-state index contributed by atoms with van der Waals surface area (Å²) in [6, 6.07) is 6.07. The van der Waals surface area contributed by atoms with Crippen LogP contribution in [0.25, 0.3) is 0 Å². The maximum atomic E-state index is 10.9. The summed E-state index contributed by atoms with van der Waals surface area (Å²) in [5.41, 5.74) is 1.16. The molecule has 0 aliphatic carbocycles. The van der Waals surface area contributed by atoms with Crippen molar-refractivity contribution < 1.29 is 9.53 Å². The molecule has 0 aliphatic rings. The number of rotatable bonds is 6. The van der Waals surface area contributed by atoms with E-state index < -0.39 is 0 Å². The van der Waals surface area contributed by atoms with E-state index in [1.54, 1.807) is 14.0 Å². The molecule has 0 saturated carbocycles. The Balaban J connectivity index is 2.77. The van der Waals surface area contributed by atoms with Gasteiger partial charge in [-0.2, -0.15) is 0 Å². The second kappa shape index (κ2) is 6.34. The van der Waals surface area contributed by atoms with Gasteiger partial charge in [0, 0.05) is 12.0 Å². The molecule has 0 fully saturated rings. The molecule has 0 bridgehead atoms. The van der Waals surface area contributed by atoms with Crippen LogP contribution in [0.4, 0.5) is 0 Å². The molecule has 0 atom stereocenters. The van der Waals surface area contributed by atoms with Crippen LogP contribution in [-0.4, -0.2) is 26.0 Å². The highest BCUT2D eigenvalue weighted by molar-refractivity contribution is 9.10. The van der Waals surface area contributed by atoms with Crippen molar-refractivity contribution in [1.29, 1.82) is 0 Å². The second-order valence-corrected chi connectivity index (χ2v) is 5.89. The fraction of sp³-hybridized carbons (Fsp3) is 0.500. The molecule has 0 radical (unpaired) electrons. The van der Waals surface area contributed by atoms with Gasteiger partial charge >= 0.3 is 0 Å². The molecule has 1 aromatic carbocycles. The zero-order valence-corrected chi connectivity index (χ0v) is 12.9. The maximum Gasteiger partial charge on any atom is 0.143 e. The summed E-state index contributed by atoms with van der Waals surface area (Å²) in [6.07, 6.45) is 0. The fourth-order valence-corrected chi connectivity index (χ4v) is 2.28. The second-order valence-electron chi connectivity index (χ2n) is 5.04. The summed E-state index contributed by atoms with van der Waals surface area (Å²) in [6.45, 7) is 7.05. The van der Waals surface area contributed by atoms with Crippen LogP contribution in [0.3, 0.4) is 0 Å². The van der Waals surface area contributed by atoms with Crippen molar-refractivity contribution in [2.45, 2.75) is 26.2 Å². The molecule has 18 heavy (non-hydrogen) atoms. The van der Waals surface area contributed by atoms with Crippen molar-refractivity contribution in [3.05, 3.63) is 28.2 Å². The van der Waals surface area contributed by atoms with Crippen LogP contribution >= 0.6 is 15.9 Å². The van der Waals surface area contributed by atoms with Crippen LogP contribution in [0, 0.1) is 0 Å². The Morgan fingerprint density at radius 1 is 1.44 bits per heavy atom. The Kier molecular flexibility index (Phi) is 5.35. The predicted molar refractivity (Wildman–Crippen MR) is 77.3 cm³/mol. The first kappa shape index (κ1) is 15.2. The van der Waals surface area contributed by atoms with E-state index in [0.717, 1.165) is 16.8 Å². The Morgan fingerprint density at radius 3 is 2.61 bits per heavy atom. The number of ketones is 1. The van der Waals surface area contributed by atoms with E-state index in [4.69, 9.17) is 4.74 Å². The molecular weight excluding hydrogens is 294 g/mol. The highest BCUT2D eigenvalue weighted by Gasteiger charge is 2.21. The third-order valence-corrected chi connectivity index (χ3v) is 3.49. The number of nitrogens with one attached hydrogen (secondary N) is 1. The molecule has 1 aromatic rings. The minimum atomic E-state index is -0.0375. The van der Waals surface area contributed by atoms with Crippen LogP contribution in [-0.2, 0) is 10.2 Å². The Bertz CT molecular complexity index is 430. The van der Waals surface area contributed by atoms with Gasteiger partial charge in [0.2, 0.25) is 0 Å². The Labute approximate surface area is 117 Å². The first-order valence-corrected chi connectivity index (χ1v) is 6.70. The van der Waals surface area contributed by atoms with Gasteiger partial charge in [-0.3, -0.25) is 4.79 Å². The van der Waals surface area contributed by atoms with Crippen LogP contribution in [0.1, 0.15) is 26.3 Å². The molecular formula is C14H20BrNO2. The topological polar surface area (TPSA) is 38.3 Å². The molecule has 0 amide bonds. The van der Waals surface area contributed by atoms with Crippen molar-refractivity contribution in [2.75, 3.05) is 20.2 Å². The summed E-state index contributed by atoms with van der Waals surface area (Å²) in [7, 11) is 1.65. The lowest BCUT2D eigenvalue weighted by Crippen LogP contribution is -2.35. The number of carbonyl (C=O) groups excluding carboxylic acids is 1. The quantitative estimate of drug-likeness (QED) is 0.877. The number of ether oxygens (including phenoxy) is 1. The van der Waals surface area contributed by atoms with Gasteiger partial charge < -0.3 is 10.1 Å². The largest absolute Gasteiger partial charge is 0.496 e. The van der Waals surface area contributed by atoms with Gasteiger partial charge in [0.25, 0.3) is 0 Å². The Morgan fingerprint density at radius 2 is 2.11 bits per heavy atom. The lowest BCUT2D eigenvalue weighted by atomic mass is 9.84. The van der Waals surface area contributed by atoms with Crippen LogP contribution in [0.5, 0.6) is 5.75 Å². The molecule has 1 N–H and O–H groups in total. The van der Waals surface area contributed by atoms with Crippen LogP contribution in [0.2, 0.25) is 0 Å². The molecule has 3 nitrogen and oxygen atoms in total. The van der Waals surface area contributed by atoms with Crippen molar-refractivity contribution in [3.8, 4) is 5.75 Å². The van der Waals surface area contributed by atoms with Crippen LogP contribution < -0.4 is 10.1 Å². The van der Waals surface area contributed by atoms with Gasteiger partial charge in [0.15, 0.2) is 0 Å². The average Bonchev–Trinajstić information content (AvgIpc) is 2.28. The minimum absolute atomic E-state index is 0.0375. The van der Waals surface area contributed by atoms with Gasteiger partial charge in [-0.25, -0.2) is 0 Å². The number of Topliss-reactive ketones (excluding diaryl/α,β-unsaturated/α-hetero) is 1. The molecule has 100 valence electrons. The van der Waals surface area contributed by atoms with Gasteiger partial charge in [0.05, 0.1) is 18.1 Å². The van der Waals surface area contributed by atoms with Gasteiger partial charge in [0.1, 0.15) is 11.5 Å². The number of hydrogen-bond donors (Lipinski definition) is 1. The van der Waals surface area contributed by atoms with E-state index in [0.29, 0.717) is 6.54 Å². The lowest BCUT2D eigenvalue weighted by Gasteiger charge is -2.26. The van der Waals surface area contributed by atoms with Gasteiger partial charge in [-0.1, -0.05) is 19.9 Å². The summed E-state index contributed by atoms with van der Waals surface area (Å²) < 4.78 is 6.16. The molecule has 0 aliphatic heterocycles. The van der Waals surface area contributed by atoms with Crippen molar-refractivity contribution in [3.63, 3.8) is 0 Å². The molecule has 4 heteroatoms. The standard InChI is InChI=1S/C14H20BrNO2/c1-10(17)8-16-9-14(2,3)11-5-6-13(18-4)12(15)7-11/h5-7,16H,8-9H2,1-4H3. The number of benzene rings is 1. The molecule has 1 rings (SSSR count). The molecule has 0 unspecified atom stereocenters. The number of halogens is 1. The fourth-order valence-electron chi connectivity index (χ4n) is 1.74. The van der Waals surface area contributed by atoms with Gasteiger partial charge in [-0.15, -0.1) is 0 Å². The molecule has 0 saturated heterocycles. The average molecular weight is 314 g/mol.